The van der Waals surface area contributed by atoms with E-state index in [1.54, 1.807) is 6.26 Å². The standard InChI is InChI=1S/C12H13NO2/c1-2-13-10(5-6-11(13)9-14)8-12-4-3-7-15-12/h3-7,9H,2,8H2,1H3. The van der Waals surface area contributed by atoms with E-state index >= 15 is 0 Å². The first-order chi connectivity index (χ1) is 7.35. The van der Waals surface area contributed by atoms with Gasteiger partial charge >= 0.3 is 0 Å². The van der Waals surface area contributed by atoms with Gasteiger partial charge in [0.2, 0.25) is 0 Å². The van der Waals surface area contributed by atoms with Crippen molar-refractivity contribution in [2.75, 3.05) is 0 Å². The van der Waals surface area contributed by atoms with Crippen molar-refractivity contribution < 1.29 is 9.21 Å². The van der Waals surface area contributed by atoms with Gasteiger partial charge in [0.15, 0.2) is 6.29 Å². The van der Waals surface area contributed by atoms with E-state index in [0.717, 1.165) is 36.4 Å². The van der Waals surface area contributed by atoms with Crippen LogP contribution >= 0.6 is 0 Å². The minimum atomic E-state index is 0.721. The SMILES string of the molecule is CCn1c(C=O)ccc1Cc1ccco1. The summed E-state index contributed by atoms with van der Waals surface area (Å²) < 4.78 is 7.27. The minimum absolute atomic E-state index is 0.721. The Morgan fingerprint density at radius 3 is 2.87 bits per heavy atom. The predicted octanol–water partition coefficient (Wildman–Crippen LogP) is 2.50. The maximum atomic E-state index is 10.8. The first-order valence-corrected chi connectivity index (χ1v) is 5.01. The van der Waals surface area contributed by atoms with Gasteiger partial charge in [0, 0.05) is 18.7 Å². The van der Waals surface area contributed by atoms with Crippen LogP contribution in [0.5, 0.6) is 0 Å². The van der Waals surface area contributed by atoms with E-state index in [4.69, 9.17) is 4.42 Å². The van der Waals surface area contributed by atoms with Crippen molar-refractivity contribution in [2.45, 2.75) is 19.9 Å². The summed E-state index contributed by atoms with van der Waals surface area (Å²) in [7, 11) is 0. The van der Waals surface area contributed by atoms with Crippen molar-refractivity contribution in [3.8, 4) is 0 Å². The fourth-order valence-electron chi connectivity index (χ4n) is 1.76. The van der Waals surface area contributed by atoms with E-state index in [2.05, 4.69) is 0 Å². The maximum Gasteiger partial charge on any atom is 0.166 e. The molecule has 0 aliphatic heterocycles. The Balaban J connectivity index is 2.28. The number of aromatic nitrogens is 1. The third-order valence-corrected chi connectivity index (χ3v) is 2.48. The van der Waals surface area contributed by atoms with Gasteiger partial charge in [-0.15, -0.1) is 0 Å². The molecule has 0 aromatic carbocycles. The molecule has 0 saturated heterocycles. The van der Waals surface area contributed by atoms with Crippen LogP contribution in [0.15, 0.2) is 34.9 Å². The van der Waals surface area contributed by atoms with Gasteiger partial charge in [0.25, 0.3) is 0 Å². The number of furan rings is 1. The first-order valence-electron chi connectivity index (χ1n) is 5.01. The summed E-state index contributed by atoms with van der Waals surface area (Å²) in [5, 5.41) is 0. The Labute approximate surface area is 88.3 Å². The molecule has 2 heterocycles. The van der Waals surface area contributed by atoms with Crippen molar-refractivity contribution in [3.05, 3.63) is 47.7 Å². The van der Waals surface area contributed by atoms with Gasteiger partial charge in [0.05, 0.1) is 12.0 Å². The van der Waals surface area contributed by atoms with Gasteiger partial charge in [-0.2, -0.15) is 0 Å². The first kappa shape index (κ1) is 9.77. The molecule has 2 aromatic rings. The molecule has 0 aliphatic carbocycles. The zero-order chi connectivity index (χ0) is 10.7. The van der Waals surface area contributed by atoms with E-state index in [1.807, 2.05) is 35.8 Å². The normalized spacial score (nSPS) is 10.5. The molecule has 0 atom stereocenters. The van der Waals surface area contributed by atoms with Gasteiger partial charge in [-0.3, -0.25) is 4.79 Å². The second kappa shape index (κ2) is 4.17. The van der Waals surface area contributed by atoms with Crippen LogP contribution in [-0.2, 0) is 13.0 Å². The van der Waals surface area contributed by atoms with E-state index in [0.29, 0.717) is 0 Å². The summed E-state index contributed by atoms with van der Waals surface area (Å²) >= 11 is 0. The number of carbonyl (C=O) groups excluding carboxylic acids is 1. The molecular weight excluding hydrogens is 190 g/mol. The predicted molar refractivity (Wildman–Crippen MR) is 57.0 cm³/mol. The lowest BCUT2D eigenvalue weighted by atomic mass is 10.2. The maximum absolute atomic E-state index is 10.8. The summed E-state index contributed by atoms with van der Waals surface area (Å²) in [6.45, 7) is 2.83. The number of hydrogen-bond acceptors (Lipinski definition) is 2. The summed E-state index contributed by atoms with van der Waals surface area (Å²) in [5.74, 6) is 0.917. The van der Waals surface area contributed by atoms with Crippen LogP contribution in [0.2, 0.25) is 0 Å². The average molecular weight is 203 g/mol. The molecule has 2 aromatic heterocycles. The largest absolute Gasteiger partial charge is 0.469 e. The van der Waals surface area contributed by atoms with Crippen molar-refractivity contribution in [3.63, 3.8) is 0 Å². The van der Waals surface area contributed by atoms with Gasteiger partial charge in [-0.25, -0.2) is 0 Å². The fourth-order valence-corrected chi connectivity index (χ4v) is 1.76. The van der Waals surface area contributed by atoms with E-state index < -0.39 is 0 Å². The fraction of sp³-hybridized carbons (Fsp3) is 0.250. The molecule has 15 heavy (non-hydrogen) atoms. The average Bonchev–Trinajstić information content (AvgIpc) is 2.87. The highest BCUT2D eigenvalue weighted by molar-refractivity contribution is 5.72. The molecule has 0 aliphatic rings. The topological polar surface area (TPSA) is 35.1 Å². The highest BCUT2D eigenvalue weighted by Crippen LogP contribution is 2.13. The van der Waals surface area contributed by atoms with Crippen LogP contribution in [-0.4, -0.2) is 10.9 Å². The van der Waals surface area contributed by atoms with E-state index in [-0.39, 0.29) is 0 Å². The second-order valence-electron chi connectivity index (χ2n) is 3.37. The lowest BCUT2D eigenvalue weighted by Gasteiger charge is -2.06. The molecule has 0 amide bonds. The van der Waals surface area contributed by atoms with Gasteiger partial charge in [-0.05, 0) is 31.2 Å². The Kier molecular flexibility index (Phi) is 2.72. The molecule has 2 rings (SSSR count). The molecule has 0 spiro atoms. The number of carbonyl (C=O) groups is 1. The smallest absolute Gasteiger partial charge is 0.166 e. The lowest BCUT2D eigenvalue weighted by Crippen LogP contribution is -2.04. The van der Waals surface area contributed by atoms with E-state index in [9.17, 15) is 4.79 Å². The number of rotatable bonds is 4. The zero-order valence-electron chi connectivity index (χ0n) is 8.64. The molecule has 0 N–H and O–H groups in total. The summed E-state index contributed by atoms with van der Waals surface area (Å²) in [4.78, 5) is 10.8. The second-order valence-corrected chi connectivity index (χ2v) is 3.37. The van der Waals surface area contributed by atoms with Crippen LogP contribution < -0.4 is 0 Å². The summed E-state index contributed by atoms with van der Waals surface area (Å²) in [6.07, 6.45) is 3.28. The summed E-state index contributed by atoms with van der Waals surface area (Å²) in [5.41, 5.74) is 1.83. The van der Waals surface area contributed by atoms with Crippen molar-refractivity contribution in [2.24, 2.45) is 0 Å². The molecule has 0 radical (unpaired) electrons. The molecular formula is C12H13NO2. The Morgan fingerprint density at radius 1 is 1.40 bits per heavy atom. The Hall–Kier alpha value is -1.77. The molecule has 0 unspecified atom stereocenters. The van der Waals surface area contributed by atoms with Crippen molar-refractivity contribution in [1.82, 2.24) is 4.57 Å². The Morgan fingerprint density at radius 2 is 2.27 bits per heavy atom. The van der Waals surface area contributed by atoms with E-state index in [1.165, 1.54) is 0 Å². The molecule has 78 valence electrons. The highest BCUT2D eigenvalue weighted by Gasteiger charge is 2.07. The number of hydrogen-bond donors (Lipinski definition) is 0. The van der Waals surface area contributed by atoms with Crippen LogP contribution in [0.4, 0.5) is 0 Å². The van der Waals surface area contributed by atoms with Crippen LogP contribution in [0.3, 0.4) is 0 Å². The minimum Gasteiger partial charge on any atom is -0.469 e. The quantitative estimate of drug-likeness (QED) is 0.715. The van der Waals surface area contributed by atoms with Crippen LogP contribution in [0.1, 0.15) is 28.9 Å². The third-order valence-electron chi connectivity index (χ3n) is 2.48. The molecule has 0 fully saturated rings. The van der Waals surface area contributed by atoms with Gasteiger partial charge in [0.1, 0.15) is 5.76 Å². The van der Waals surface area contributed by atoms with Gasteiger partial charge in [-0.1, -0.05) is 0 Å². The monoisotopic (exact) mass is 203 g/mol. The molecule has 0 saturated carbocycles. The highest BCUT2D eigenvalue weighted by atomic mass is 16.3. The zero-order valence-corrected chi connectivity index (χ0v) is 8.64. The van der Waals surface area contributed by atoms with Crippen molar-refractivity contribution >= 4 is 6.29 Å². The third kappa shape index (κ3) is 1.86. The van der Waals surface area contributed by atoms with Crippen LogP contribution in [0, 0.1) is 0 Å². The summed E-state index contributed by atoms with van der Waals surface area (Å²) in [6, 6.07) is 7.62. The van der Waals surface area contributed by atoms with Gasteiger partial charge < -0.3 is 8.98 Å². The molecule has 0 bridgehead atoms. The molecule has 3 heteroatoms. The van der Waals surface area contributed by atoms with Crippen molar-refractivity contribution in [1.29, 1.82) is 0 Å². The Bertz CT molecular complexity index is 440. The number of nitrogens with zero attached hydrogens (tertiary/aromatic N) is 1. The number of aldehydes is 1. The van der Waals surface area contributed by atoms with Crippen LogP contribution in [0.25, 0.3) is 0 Å². The lowest BCUT2D eigenvalue weighted by molar-refractivity contribution is 0.111. The molecule has 3 nitrogen and oxygen atoms in total.